The summed E-state index contributed by atoms with van der Waals surface area (Å²) in [4.78, 5) is 21.4. The predicted octanol–water partition coefficient (Wildman–Crippen LogP) is 3.53. The summed E-state index contributed by atoms with van der Waals surface area (Å²) in [5, 5.41) is 3.74. The lowest BCUT2D eigenvalue weighted by Gasteiger charge is -2.09. The van der Waals surface area contributed by atoms with E-state index >= 15 is 0 Å². The topological polar surface area (TPSA) is 54.9 Å². The lowest BCUT2D eigenvalue weighted by atomic mass is 10.2. The van der Waals surface area contributed by atoms with Gasteiger partial charge in [0.05, 0.1) is 0 Å². The van der Waals surface area contributed by atoms with Crippen LogP contribution in [0, 0.1) is 18.8 Å². The molecule has 1 fully saturated rings. The van der Waals surface area contributed by atoms with E-state index in [1.165, 1.54) is 11.8 Å². The maximum absolute atomic E-state index is 12.0. The number of benzene rings is 1. The average Bonchev–Trinajstić information content (AvgIpc) is 3.20. The molecule has 1 aromatic carbocycles. The fourth-order valence-electron chi connectivity index (χ4n) is 2.20. The number of aryl methyl sites for hydroxylation is 1. The van der Waals surface area contributed by atoms with E-state index in [0.717, 1.165) is 27.7 Å². The first-order valence-electron chi connectivity index (χ1n) is 7.00. The van der Waals surface area contributed by atoms with Gasteiger partial charge in [-0.15, -0.1) is 0 Å². The standard InChI is InChI=1S/C16H17N3OS/c1-10-9-13(10)15(20)19-14-5-4-12(8-11(14)2)21-16-17-6-3-7-18-16/h3-8,10,13H,9H2,1-2H3,(H,19,20)/t10-,13+/m1/s1. The summed E-state index contributed by atoms with van der Waals surface area (Å²) in [5.74, 6) is 0.851. The van der Waals surface area contributed by atoms with Crippen LogP contribution in [-0.2, 0) is 4.79 Å². The Hall–Kier alpha value is -1.88. The minimum atomic E-state index is 0.136. The molecule has 21 heavy (non-hydrogen) atoms. The summed E-state index contributed by atoms with van der Waals surface area (Å²) in [6, 6.07) is 7.78. The summed E-state index contributed by atoms with van der Waals surface area (Å²) in [5.41, 5.74) is 1.94. The second-order valence-electron chi connectivity index (χ2n) is 5.42. The average molecular weight is 299 g/mol. The number of rotatable bonds is 4. The summed E-state index contributed by atoms with van der Waals surface area (Å²) in [6.45, 7) is 4.11. The molecule has 0 unspecified atom stereocenters. The molecular weight excluding hydrogens is 282 g/mol. The molecule has 3 rings (SSSR count). The molecule has 1 N–H and O–H groups in total. The van der Waals surface area contributed by atoms with Crippen LogP contribution in [0.15, 0.2) is 46.7 Å². The quantitative estimate of drug-likeness (QED) is 0.877. The number of anilines is 1. The van der Waals surface area contributed by atoms with Crippen LogP contribution in [0.3, 0.4) is 0 Å². The van der Waals surface area contributed by atoms with Crippen molar-refractivity contribution >= 4 is 23.4 Å². The number of nitrogens with zero attached hydrogens (tertiary/aromatic N) is 2. The van der Waals surface area contributed by atoms with Crippen LogP contribution in [0.25, 0.3) is 0 Å². The zero-order valence-electron chi connectivity index (χ0n) is 12.0. The first-order chi connectivity index (χ1) is 10.1. The van der Waals surface area contributed by atoms with Crippen LogP contribution >= 0.6 is 11.8 Å². The van der Waals surface area contributed by atoms with Crippen molar-refractivity contribution < 1.29 is 4.79 Å². The van der Waals surface area contributed by atoms with Gasteiger partial charge in [-0.3, -0.25) is 4.79 Å². The van der Waals surface area contributed by atoms with Crippen molar-refractivity contribution in [3.8, 4) is 0 Å². The molecule has 0 aliphatic heterocycles. The first kappa shape index (κ1) is 14.1. The van der Waals surface area contributed by atoms with Crippen molar-refractivity contribution in [3.05, 3.63) is 42.2 Å². The Bertz CT molecular complexity index is 660. The van der Waals surface area contributed by atoms with Gasteiger partial charge in [0.25, 0.3) is 0 Å². The van der Waals surface area contributed by atoms with Gasteiger partial charge in [0.15, 0.2) is 5.16 Å². The summed E-state index contributed by atoms with van der Waals surface area (Å²) in [7, 11) is 0. The van der Waals surface area contributed by atoms with E-state index in [1.54, 1.807) is 18.5 Å². The fraction of sp³-hybridized carbons (Fsp3) is 0.312. The highest BCUT2D eigenvalue weighted by Gasteiger charge is 2.39. The normalized spacial score (nSPS) is 20.1. The SMILES string of the molecule is Cc1cc(Sc2ncccn2)ccc1NC(=O)[C@H]1C[C@H]1C. The van der Waals surface area contributed by atoms with E-state index in [9.17, 15) is 4.79 Å². The number of hydrogen-bond acceptors (Lipinski definition) is 4. The van der Waals surface area contributed by atoms with Crippen molar-refractivity contribution in [2.75, 3.05) is 5.32 Å². The Kier molecular flexibility index (Phi) is 3.92. The Labute approximate surface area is 128 Å². The molecule has 0 saturated heterocycles. The maximum atomic E-state index is 12.0. The molecule has 5 heteroatoms. The molecule has 2 aromatic rings. The molecule has 1 heterocycles. The molecule has 0 bridgehead atoms. The highest BCUT2D eigenvalue weighted by molar-refractivity contribution is 7.99. The van der Waals surface area contributed by atoms with Gasteiger partial charge in [-0.05, 0) is 60.9 Å². The van der Waals surface area contributed by atoms with Crippen molar-refractivity contribution in [1.29, 1.82) is 0 Å². The third-order valence-corrected chi connectivity index (χ3v) is 4.54. The second kappa shape index (κ2) is 5.85. The van der Waals surface area contributed by atoms with Crippen molar-refractivity contribution in [2.24, 2.45) is 11.8 Å². The lowest BCUT2D eigenvalue weighted by Crippen LogP contribution is -2.15. The van der Waals surface area contributed by atoms with E-state index in [-0.39, 0.29) is 11.8 Å². The number of nitrogens with one attached hydrogen (secondary N) is 1. The number of hydrogen-bond donors (Lipinski definition) is 1. The van der Waals surface area contributed by atoms with Crippen molar-refractivity contribution in [2.45, 2.75) is 30.3 Å². The highest BCUT2D eigenvalue weighted by atomic mass is 32.2. The molecule has 1 amide bonds. The largest absolute Gasteiger partial charge is 0.326 e. The van der Waals surface area contributed by atoms with Crippen LogP contribution in [-0.4, -0.2) is 15.9 Å². The third kappa shape index (κ3) is 3.42. The van der Waals surface area contributed by atoms with E-state index in [1.807, 2.05) is 25.1 Å². The summed E-state index contributed by atoms with van der Waals surface area (Å²) >= 11 is 1.51. The molecule has 1 aliphatic rings. The Morgan fingerprint density at radius 2 is 2.05 bits per heavy atom. The molecule has 2 atom stereocenters. The molecule has 1 aliphatic carbocycles. The minimum absolute atomic E-state index is 0.136. The Morgan fingerprint density at radius 3 is 2.67 bits per heavy atom. The molecule has 0 spiro atoms. The van der Waals surface area contributed by atoms with Gasteiger partial charge in [-0.2, -0.15) is 0 Å². The summed E-state index contributed by atoms with van der Waals surface area (Å²) in [6.07, 6.45) is 4.46. The van der Waals surface area contributed by atoms with E-state index in [0.29, 0.717) is 5.92 Å². The van der Waals surface area contributed by atoms with Gasteiger partial charge < -0.3 is 5.32 Å². The smallest absolute Gasteiger partial charge is 0.227 e. The number of carbonyl (C=O) groups is 1. The van der Waals surface area contributed by atoms with Gasteiger partial charge in [0.2, 0.25) is 5.91 Å². The highest BCUT2D eigenvalue weighted by Crippen LogP contribution is 2.38. The second-order valence-corrected chi connectivity index (χ2v) is 6.46. The molecular formula is C16H17N3OS. The maximum Gasteiger partial charge on any atom is 0.227 e. The van der Waals surface area contributed by atoms with Gasteiger partial charge in [-0.25, -0.2) is 9.97 Å². The molecule has 108 valence electrons. The minimum Gasteiger partial charge on any atom is -0.326 e. The zero-order chi connectivity index (χ0) is 14.8. The van der Waals surface area contributed by atoms with Crippen molar-refractivity contribution in [1.82, 2.24) is 9.97 Å². The predicted molar refractivity (Wildman–Crippen MR) is 83.2 cm³/mol. The van der Waals surface area contributed by atoms with Gasteiger partial charge in [0.1, 0.15) is 0 Å². The molecule has 0 radical (unpaired) electrons. The van der Waals surface area contributed by atoms with Crippen LogP contribution in [0.4, 0.5) is 5.69 Å². The van der Waals surface area contributed by atoms with Crippen LogP contribution in [0.2, 0.25) is 0 Å². The molecule has 1 saturated carbocycles. The van der Waals surface area contributed by atoms with Gasteiger partial charge in [-0.1, -0.05) is 6.92 Å². The fourth-order valence-corrected chi connectivity index (χ4v) is 3.01. The van der Waals surface area contributed by atoms with Crippen molar-refractivity contribution in [3.63, 3.8) is 0 Å². The van der Waals surface area contributed by atoms with Crippen LogP contribution in [0.1, 0.15) is 18.9 Å². The van der Waals surface area contributed by atoms with E-state index in [4.69, 9.17) is 0 Å². The van der Waals surface area contributed by atoms with Crippen LogP contribution < -0.4 is 5.32 Å². The van der Waals surface area contributed by atoms with Crippen LogP contribution in [0.5, 0.6) is 0 Å². The van der Waals surface area contributed by atoms with E-state index < -0.39 is 0 Å². The van der Waals surface area contributed by atoms with Gasteiger partial charge in [0, 0.05) is 28.9 Å². The lowest BCUT2D eigenvalue weighted by molar-refractivity contribution is -0.117. The molecule has 1 aromatic heterocycles. The van der Waals surface area contributed by atoms with E-state index in [2.05, 4.69) is 22.2 Å². The molecule has 4 nitrogen and oxygen atoms in total. The third-order valence-electron chi connectivity index (χ3n) is 3.65. The number of amides is 1. The number of aromatic nitrogens is 2. The Balaban J connectivity index is 1.69. The summed E-state index contributed by atoms with van der Waals surface area (Å²) < 4.78 is 0. The Morgan fingerprint density at radius 1 is 1.33 bits per heavy atom. The zero-order valence-corrected chi connectivity index (χ0v) is 12.9. The monoisotopic (exact) mass is 299 g/mol. The van der Waals surface area contributed by atoms with Gasteiger partial charge >= 0.3 is 0 Å². The first-order valence-corrected chi connectivity index (χ1v) is 7.81. The number of carbonyl (C=O) groups excluding carboxylic acids is 1.